The number of nitro groups is 1. The number of carbonyl (C=O) groups excluding carboxylic acids is 1. The van der Waals surface area contributed by atoms with Crippen LogP contribution in [0.3, 0.4) is 0 Å². The summed E-state index contributed by atoms with van der Waals surface area (Å²) in [6, 6.07) is 8.13. The number of amides is 1. The van der Waals surface area contributed by atoms with Crippen molar-refractivity contribution in [3.8, 4) is 0 Å². The van der Waals surface area contributed by atoms with Crippen LogP contribution in [0.5, 0.6) is 0 Å². The van der Waals surface area contributed by atoms with E-state index >= 15 is 0 Å². The van der Waals surface area contributed by atoms with E-state index in [0.717, 1.165) is 17.7 Å². The second-order valence-corrected chi connectivity index (χ2v) is 5.25. The monoisotopic (exact) mass is 352 g/mol. The maximum absolute atomic E-state index is 13.1. The molecule has 1 N–H and O–H groups in total. The molecule has 0 spiro atoms. The Morgan fingerprint density at radius 3 is 2.67 bits per heavy atom. The lowest BCUT2D eigenvalue weighted by atomic mass is 10.1. The van der Waals surface area contributed by atoms with E-state index in [9.17, 15) is 19.3 Å². The molecule has 0 radical (unpaired) electrons. The highest BCUT2D eigenvalue weighted by atomic mass is 79.9. The number of anilines is 1. The zero-order valence-corrected chi connectivity index (χ0v) is 12.5. The summed E-state index contributed by atoms with van der Waals surface area (Å²) < 4.78 is 13.8. The van der Waals surface area contributed by atoms with Crippen LogP contribution in [0.1, 0.15) is 15.9 Å². The highest BCUT2D eigenvalue weighted by Gasteiger charge is 2.18. The van der Waals surface area contributed by atoms with Crippen LogP contribution < -0.4 is 5.32 Å². The first-order valence-electron chi connectivity index (χ1n) is 5.90. The summed E-state index contributed by atoms with van der Waals surface area (Å²) in [6.45, 7) is 1.75. The van der Waals surface area contributed by atoms with Gasteiger partial charge in [0.2, 0.25) is 0 Å². The molecular formula is C14H10BrFN2O3. The Balaban J connectivity index is 2.36. The second kappa shape index (κ2) is 6.01. The molecule has 2 aromatic carbocycles. The third-order valence-electron chi connectivity index (χ3n) is 2.85. The molecule has 2 rings (SSSR count). The van der Waals surface area contributed by atoms with Crippen LogP contribution in [0.15, 0.2) is 40.9 Å². The smallest absolute Gasteiger partial charge is 0.295 e. The number of rotatable bonds is 3. The molecule has 0 atom stereocenters. The number of nitrogens with one attached hydrogen (secondary N) is 1. The number of carbonyl (C=O) groups is 1. The molecule has 0 aliphatic carbocycles. The number of aryl methyl sites for hydroxylation is 1. The molecule has 0 bridgehead atoms. The Morgan fingerprint density at radius 1 is 1.29 bits per heavy atom. The summed E-state index contributed by atoms with van der Waals surface area (Å²) in [7, 11) is 0. The van der Waals surface area contributed by atoms with E-state index in [2.05, 4.69) is 21.2 Å². The summed E-state index contributed by atoms with van der Waals surface area (Å²) in [6.07, 6.45) is 0. The minimum atomic E-state index is -0.744. The van der Waals surface area contributed by atoms with Crippen LogP contribution in [-0.4, -0.2) is 10.8 Å². The lowest BCUT2D eigenvalue weighted by Crippen LogP contribution is -2.14. The van der Waals surface area contributed by atoms with Gasteiger partial charge in [0.1, 0.15) is 11.5 Å². The fourth-order valence-corrected chi connectivity index (χ4v) is 2.15. The first-order valence-corrected chi connectivity index (χ1v) is 6.69. The molecule has 108 valence electrons. The maximum Gasteiger partial charge on any atom is 0.295 e. The van der Waals surface area contributed by atoms with Gasteiger partial charge < -0.3 is 5.32 Å². The quantitative estimate of drug-likeness (QED) is 0.668. The summed E-state index contributed by atoms with van der Waals surface area (Å²) in [5, 5.41) is 13.3. The SMILES string of the molecule is Cc1ccc(Br)cc1C(=O)Nc1ccc(F)cc1[N+](=O)[O-]. The van der Waals surface area contributed by atoms with Crippen LogP contribution in [0.25, 0.3) is 0 Å². The van der Waals surface area contributed by atoms with Crippen molar-refractivity contribution in [2.24, 2.45) is 0 Å². The zero-order valence-electron chi connectivity index (χ0n) is 10.9. The van der Waals surface area contributed by atoms with Gasteiger partial charge in [-0.2, -0.15) is 0 Å². The van der Waals surface area contributed by atoms with Crippen LogP contribution in [0, 0.1) is 22.9 Å². The highest BCUT2D eigenvalue weighted by Crippen LogP contribution is 2.26. The molecule has 0 saturated carbocycles. The molecule has 21 heavy (non-hydrogen) atoms. The van der Waals surface area contributed by atoms with Crippen molar-refractivity contribution in [1.29, 1.82) is 0 Å². The third-order valence-corrected chi connectivity index (χ3v) is 3.34. The van der Waals surface area contributed by atoms with Gasteiger partial charge in [-0.1, -0.05) is 22.0 Å². The number of hydrogen-bond donors (Lipinski definition) is 1. The van der Waals surface area contributed by atoms with Crippen LogP contribution >= 0.6 is 15.9 Å². The summed E-state index contributed by atoms with van der Waals surface area (Å²) in [4.78, 5) is 22.3. The van der Waals surface area contributed by atoms with Crippen molar-refractivity contribution >= 4 is 33.2 Å². The van der Waals surface area contributed by atoms with Gasteiger partial charge in [0.15, 0.2) is 0 Å². The van der Waals surface area contributed by atoms with Crippen molar-refractivity contribution in [3.05, 3.63) is 67.9 Å². The highest BCUT2D eigenvalue weighted by molar-refractivity contribution is 9.10. The Kier molecular flexibility index (Phi) is 4.32. The minimum Gasteiger partial charge on any atom is -0.316 e. The van der Waals surface area contributed by atoms with E-state index in [1.165, 1.54) is 6.07 Å². The number of nitrogens with zero attached hydrogens (tertiary/aromatic N) is 1. The Bertz CT molecular complexity index is 734. The van der Waals surface area contributed by atoms with E-state index < -0.39 is 22.3 Å². The van der Waals surface area contributed by atoms with Crippen LogP contribution in [0.2, 0.25) is 0 Å². The molecule has 0 heterocycles. The predicted octanol–water partition coefficient (Wildman–Crippen LogP) is 4.06. The van der Waals surface area contributed by atoms with Crippen molar-refractivity contribution in [2.45, 2.75) is 6.92 Å². The van der Waals surface area contributed by atoms with Gasteiger partial charge in [0.25, 0.3) is 11.6 Å². The number of halogens is 2. The molecule has 0 fully saturated rings. The third kappa shape index (κ3) is 3.43. The fourth-order valence-electron chi connectivity index (χ4n) is 1.79. The van der Waals surface area contributed by atoms with E-state index in [1.54, 1.807) is 25.1 Å². The summed E-state index contributed by atoms with van der Waals surface area (Å²) in [5.41, 5.74) is 0.560. The lowest BCUT2D eigenvalue weighted by molar-refractivity contribution is -0.384. The number of benzene rings is 2. The molecule has 5 nitrogen and oxygen atoms in total. The fraction of sp³-hybridized carbons (Fsp3) is 0.0714. The van der Waals surface area contributed by atoms with E-state index in [1.807, 2.05) is 0 Å². The average molecular weight is 353 g/mol. The van der Waals surface area contributed by atoms with Crippen molar-refractivity contribution in [2.75, 3.05) is 5.32 Å². The Labute approximate surface area is 128 Å². The first-order chi connectivity index (χ1) is 9.88. The first kappa shape index (κ1) is 15.1. The minimum absolute atomic E-state index is 0.0502. The molecule has 0 aliphatic heterocycles. The molecule has 2 aromatic rings. The van der Waals surface area contributed by atoms with Gasteiger partial charge in [-0.25, -0.2) is 4.39 Å². The number of hydrogen-bond acceptors (Lipinski definition) is 3. The van der Waals surface area contributed by atoms with Crippen molar-refractivity contribution in [1.82, 2.24) is 0 Å². The molecule has 1 amide bonds. The van der Waals surface area contributed by atoms with Gasteiger partial charge in [0, 0.05) is 10.0 Å². The van der Waals surface area contributed by atoms with Crippen molar-refractivity contribution in [3.63, 3.8) is 0 Å². The second-order valence-electron chi connectivity index (χ2n) is 4.33. The molecule has 0 aromatic heterocycles. The summed E-state index contributed by atoms with van der Waals surface area (Å²) >= 11 is 3.26. The maximum atomic E-state index is 13.1. The Hall–Kier alpha value is -2.28. The largest absolute Gasteiger partial charge is 0.316 e. The molecule has 0 aliphatic rings. The standard InChI is InChI=1S/C14H10BrFN2O3/c1-8-2-3-9(15)6-11(8)14(19)17-12-5-4-10(16)7-13(12)18(20)21/h2-7H,1H3,(H,17,19). The lowest BCUT2D eigenvalue weighted by Gasteiger charge is -2.08. The zero-order chi connectivity index (χ0) is 15.6. The van der Waals surface area contributed by atoms with E-state index in [4.69, 9.17) is 0 Å². The predicted molar refractivity (Wildman–Crippen MR) is 79.9 cm³/mol. The van der Waals surface area contributed by atoms with E-state index in [0.29, 0.717) is 10.0 Å². The molecule has 0 unspecified atom stereocenters. The van der Waals surface area contributed by atoms with Gasteiger partial charge in [-0.15, -0.1) is 0 Å². The van der Waals surface area contributed by atoms with Gasteiger partial charge >= 0.3 is 0 Å². The van der Waals surface area contributed by atoms with Crippen LogP contribution in [0.4, 0.5) is 15.8 Å². The average Bonchev–Trinajstić information content (AvgIpc) is 2.43. The molecule has 7 heteroatoms. The van der Waals surface area contributed by atoms with E-state index in [-0.39, 0.29) is 5.69 Å². The number of nitro benzene ring substituents is 1. The van der Waals surface area contributed by atoms with Gasteiger partial charge in [0.05, 0.1) is 11.0 Å². The molecular weight excluding hydrogens is 343 g/mol. The normalized spacial score (nSPS) is 10.2. The van der Waals surface area contributed by atoms with Crippen LogP contribution in [-0.2, 0) is 0 Å². The topological polar surface area (TPSA) is 72.2 Å². The van der Waals surface area contributed by atoms with Gasteiger partial charge in [-0.05, 0) is 36.8 Å². The van der Waals surface area contributed by atoms with Crippen molar-refractivity contribution < 1.29 is 14.1 Å². The summed E-state index contributed by atoms with van der Waals surface area (Å²) in [5.74, 6) is -1.23. The van der Waals surface area contributed by atoms with Gasteiger partial charge in [-0.3, -0.25) is 14.9 Å². The molecule has 0 saturated heterocycles. The Morgan fingerprint density at radius 2 is 2.00 bits per heavy atom.